The molecule has 0 aliphatic carbocycles. The topological polar surface area (TPSA) is 29.5 Å². The van der Waals surface area contributed by atoms with Crippen LogP contribution in [0.25, 0.3) is 0 Å². The molecule has 0 amide bonds. The lowest BCUT2D eigenvalue weighted by molar-refractivity contribution is -0.149. The van der Waals surface area contributed by atoms with E-state index in [2.05, 4.69) is 0 Å². The number of rotatable bonds is 6. The molecule has 0 bridgehead atoms. The Morgan fingerprint density at radius 2 is 1.78 bits per heavy atom. The second-order valence-corrected chi connectivity index (χ2v) is 6.33. The van der Waals surface area contributed by atoms with E-state index in [0.717, 1.165) is 5.56 Å². The van der Waals surface area contributed by atoms with Crippen LogP contribution in [0.3, 0.4) is 0 Å². The van der Waals surface area contributed by atoms with E-state index in [9.17, 15) is 4.79 Å². The number of carbonyl (C=O) groups is 1. The Bertz CT molecular complexity index is 659. The van der Waals surface area contributed by atoms with Crippen molar-refractivity contribution in [2.24, 2.45) is 0 Å². The van der Waals surface area contributed by atoms with Crippen molar-refractivity contribution >= 4 is 29.2 Å². The first-order chi connectivity index (χ1) is 11.0. The maximum atomic E-state index is 12.3. The summed E-state index contributed by atoms with van der Waals surface area (Å²) in [6.07, 6.45) is -0.229. The van der Waals surface area contributed by atoms with Crippen LogP contribution in [0.1, 0.15) is 17.2 Å². The van der Waals surface area contributed by atoms with Crippen molar-refractivity contribution in [3.8, 4) is 0 Å². The number of likely N-dealkylation sites (N-methyl/N-ethyl adjacent to an activating group) is 1. The summed E-state index contributed by atoms with van der Waals surface area (Å²) in [6, 6.07) is 14.9. The van der Waals surface area contributed by atoms with Crippen LogP contribution in [-0.2, 0) is 16.0 Å². The van der Waals surface area contributed by atoms with Crippen LogP contribution in [0.5, 0.6) is 0 Å². The molecule has 0 saturated heterocycles. The van der Waals surface area contributed by atoms with Crippen LogP contribution in [0.2, 0.25) is 10.0 Å². The van der Waals surface area contributed by atoms with Gasteiger partial charge in [-0.1, -0.05) is 65.7 Å². The molecule has 2 aromatic carbocycles. The summed E-state index contributed by atoms with van der Waals surface area (Å²) < 4.78 is 5.66. The van der Waals surface area contributed by atoms with Gasteiger partial charge < -0.3 is 9.64 Å². The fourth-order valence-electron chi connectivity index (χ4n) is 2.25. The van der Waals surface area contributed by atoms with Gasteiger partial charge in [-0.3, -0.25) is 4.79 Å². The molecule has 23 heavy (non-hydrogen) atoms. The minimum Gasteiger partial charge on any atom is -0.456 e. The lowest BCUT2D eigenvalue weighted by Gasteiger charge is -2.22. The number of ether oxygens (including phenoxy) is 1. The van der Waals surface area contributed by atoms with Crippen LogP contribution in [0.15, 0.2) is 48.5 Å². The second kappa shape index (κ2) is 8.34. The van der Waals surface area contributed by atoms with Crippen LogP contribution >= 0.6 is 23.2 Å². The van der Waals surface area contributed by atoms with E-state index < -0.39 is 0 Å². The summed E-state index contributed by atoms with van der Waals surface area (Å²) >= 11 is 12.1. The largest absolute Gasteiger partial charge is 0.456 e. The van der Waals surface area contributed by atoms with Crippen LogP contribution in [0, 0.1) is 0 Å². The van der Waals surface area contributed by atoms with E-state index in [1.165, 1.54) is 0 Å². The van der Waals surface area contributed by atoms with Gasteiger partial charge in [0.1, 0.15) is 6.10 Å². The zero-order valence-electron chi connectivity index (χ0n) is 13.1. The fraction of sp³-hybridized carbons (Fsp3) is 0.278. The zero-order valence-corrected chi connectivity index (χ0v) is 14.6. The van der Waals surface area contributed by atoms with E-state index in [1.807, 2.05) is 49.3 Å². The van der Waals surface area contributed by atoms with E-state index in [-0.39, 0.29) is 18.5 Å². The standard InChI is InChI=1S/C18H19Cl2NO2/c1-21(2)12-16(13-7-4-3-5-8-13)23-17(22)11-14-9-6-10-15(19)18(14)20/h3-10,16H,11-12H2,1-2H3/t16-/m0/s1. The maximum Gasteiger partial charge on any atom is 0.310 e. The molecule has 0 aliphatic heterocycles. The Balaban J connectivity index is 2.10. The number of esters is 1. The van der Waals surface area contributed by atoms with Crippen LogP contribution in [-0.4, -0.2) is 31.5 Å². The molecule has 3 nitrogen and oxygen atoms in total. The first-order valence-corrected chi connectivity index (χ1v) is 8.05. The van der Waals surface area contributed by atoms with Gasteiger partial charge in [-0.25, -0.2) is 0 Å². The number of hydrogen-bond donors (Lipinski definition) is 0. The van der Waals surface area contributed by atoms with Crippen molar-refractivity contribution in [2.75, 3.05) is 20.6 Å². The quantitative estimate of drug-likeness (QED) is 0.723. The highest BCUT2D eigenvalue weighted by molar-refractivity contribution is 6.42. The summed E-state index contributed by atoms with van der Waals surface area (Å²) in [5.74, 6) is -0.329. The third kappa shape index (κ3) is 5.24. The summed E-state index contributed by atoms with van der Waals surface area (Å²) in [7, 11) is 3.88. The van der Waals surface area contributed by atoms with Crippen molar-refractivity contribution in [1.29, 1.82) is 0 Å². The van der Waals surface area contributed by atoms with Crippen LogP contribution in [0.4, 0.5) is 0 Å². The number of halogens is 2. The average Bonchev–Trinajstić information content (AvgIpc) is 2.51. The van der Waals surface area contributed by atoms with Gasteiger partial charge in [0, 0.05) is 6.54 Å². The molecule has 2 aromatic rings. The maximum absolute atomic E-state index is 12.3. The number of nitrogens with zero attached hydrogens (tertiary/aromatic N) is 1. The average molecular weight is 352 g/mol. The van der Waals surface area contributed by atoms with E-state index in [1.54, 1.807) is 18.2 Å². The molecule has 0 unspecified atom stereocenters. The monoisotopic (exact) mass is 351 g/mol. The molecule has 0 aliphatic rings. The molecule has 0 saturated carbocycles. The zero-order chi connectivity index (χ0) is 16.8. The van der Waals surface area contributed by atoms with Crippen molar-refractivity contribution < 1.29 is 9.53 Å². The summed E-state index contributed by atoms with van der Waals surface area (Å²) in [4.78, 5) is 14.3. The highest BCUT2D eigenvalue weighted by Crippen LogP contribution is 2.27. The molecular weight excluding hydrogens is 333 g/mol. The Morgan fingerprint density at radius 1 is 1.09 bits per heavy atom. The first-order valence-electron chi connectivity index (χ1n) is 7.29. The predicted octanol–water partition coefficient (Wildman–Crippen LogP) is 4.38. The van der Waals surface area contributed by atoms with Crippen molar-refractivity contribution in [1.82, 2.24) is 4.90 Å². The molecule has 1 atom stereocenters. The molecule has 0 aromatic heterocycles. The Kier molecular flexibility index (Phi) is 6.46. The molecule has 0 N–H and O–H groups in total. The fourth-order valence-corrected chi connectivity index (χ4v) is 2.64. The van der Waals surface area contributed by atoms with Gasteiger partial charge in [0.15, 0.2) is 0 Å². The van der Waals surface area contributed by atoms with Gasteiger partial charge in [0.25, 0.3) is 0 Å². The summed E-state index contributed by atoms with van der Waals surface area (Å²) in [5.41, 5.74) is 1.63. The van der Waals surface area contributed by atoms with Crippen molar-refractivity contribution in [2.45, 2.75) is 12.5 Å². The lowest BCUT2D eigenvalue weighted by atomic mass is 10.1. The highest BCUT2D eigenvalue weighted by Gasteiger charge is 2.19. The third-order valence-electron chi connectivity index (χ3n) is 3.34. The van der Waals surface area contributed by atoms with Gasteiger partial charge in [-0.05, 0) is 31.3 Å². The molecule has 0 radical (unpaired) electrons. The SMILES string of the molecule is CN(C)C[C@H](OC(=O)Cc1cccc(Cl)c1Cl)c1ccccc1. The Morgan fingerprint density at radius 3 is 2.43 bits per heavy atom. The van der Waals surface area contributed by atoms with E-state index >= 15 is 0 Å². The molecule has 0 fully saturated rings. The Labute approximate surface area is 146 Å². The molecule has 0 spiro atoms. The normalized spacial score (nSPS) is 12.2. The van der Waals surface area contributed by atoms with Crippen molar-refractivity contribution in [3.05, 3.63) is 69.7 Å². The Hall–Kier alpha value is -1.55. The van der Waals surface area contributed by atoms with Crippen LogP contribution < -0.4 is 0 Å². The third-order valence-corrected chi connectivity index (χ3v) is 4.20. The molecule has 122 valence electrons. The highest BCUT2D eigenvalue weighted by atomic mass is 35.5. The summed E-state index contributed by atoms with van der Waals surface area (Å²) in [6.45, 7) is 0.610. The van der Waals surface area contributed by atoms with Gasteiger partial charge in [0.05, 0.1) is 16.5 Å². The van der Waals surface area contributed by atoms with Crippen molar-refractivity contribution in [3.63, 3.8) is 0 Å². The smallest absolute Gasteiger partial charge is 0.310 e. The lowest BCUT2D eigenvalue weighted by Crippen LogP contribution is -2.25. The van der Waals surface area contributed by atoms with Gasteiger partial charge in [0.2, 0.25) is 0 Å². The predicted molar refractivity (Wildman–Crippen MR) is 94.0 cm³/mol. The van der Waals surface area contributed by atoms with E-state index in [0.29, 0.717) is 22.2 Å². The number of carbonyl (C=O) groups excluding carboxylic acids is 1. The number of benzene rings is 2. The van der Waals surface area contributed by atoms with E-state index in [4.69, 9.17) is 27.9 Å². The number of hydrogen-bond acceptors (Lipinski definition) is 3. The van der Waals surface area contributed by atoms with Gasteiger partial charge in [-0.2, -0.15) is 0 Å². The molecule has 0 heterocycles. The molecule has 5 heteroatoms. The second-order valence-electron chi connectivity index (χ2n) is 5.54. The minimum absolute atomic E-state index is 0.0934. The molecule has 2 rings (SSSR count). The van der Waals surface area contributed by atoms with Gasteiger partial charge >= 0.3 is 5.97 Å². The molecular formula is C18H19Cl2NO2. The minimum atomic E-state index is -0.329. The first kappa shape index (κ1) is 17.8. The van der Waals surface area contributed by atoms with Gasteiger partial charge in [-0.15, -0.1) is 0 Å². The summed E-state index contributed by atoms with van der Waals surface area (Å²) in [5, 5.41) is 0.833.